The summed E-state index contributed by atoms with van der Waals surface area (Å²) in [5.41, 5.74) is 0.456. The van der Waals surface area contributed by atoms with E-state index in [9.17, 15) is 4.39 Å². The maximum atomic E-state index is 13.4. The van der Waals surface area contributed by atoms with Crippen LogP contribution in [0.5, 0.6) is 0 Å². The molecule has 17 heavy (non-hydrogen) atoms. The molecule has 1 saturated heterocycles. The molecule has 1 heterocycles. The van der Waals surface area contributed by atoms with Gasteiger partial charge in [0.2, 0.25) is 0 Å². The highest BCUT2D eigenvalue weighted by Gasteiger charge is 2.14. The Balaban J connectivity index is 1.81. The Labute approximate surface area is 106 Å². The van der Waals surface area contributed by atoms with Crippen LogP contribution in [0.15, 0.2) is 18.2 Å². The van der Waals surface area contributed by atoms with Crippen molar-refractivity contribution in [3.8, 4) is 0 Å². The summed E-state index contributed by atoms with van der Waals surface area (Å²) in [4.78, 5) is 0. The van der Waals surface area contributed by atoms with Crippen molar-refractivity contribution in [2.24, 2.45) is 5.92 Å². The third-order valence-electron chi connectivity index (χ3n) is 3.06. The van der Waals surface area contributed by atoms with Crippen molar-refractivity contribution < 1.29 is 9.13 Å². The zero-order chi connectivity index (χ0) is 12.1. The fourth-order valence-electron chi connectivity index (χ4n) is 2.06. The third kappa shape index (κ3) is 3.66. The molecule has 1 unspecified atom stereocenters. The van der Waals surface area contributed by atoms with Crippen LogP contribution >= 0.6 is 11.6 Å². The summed E-state index contributed by atoms with van der Waals surface area (Å²) in [5, 5.41) is 3.76. The molecule has 1 aromatic rings. The quantitative estimate of drug-likeness (QED) is 0.895. The first-order chi connectivity index (χ1) is 8.27. The summed E-state index contributed by atoms with van der Waals surface area (Å²) in [5.74, 6) is 0.244. The van der Waals surface area contributed by atoms with Crippen molar-refractivity contribution in [1.29, 1.82) is 0 Å². The number of ether oxygens (including phenoxy) is 1. The van der Waals surface area contributed by atoms with Crippen LogP contribution in [0.25, 0.3) is 0 Å². The zero-order valence-electron chi connectivity index (χ0n) is 9.72. The second-order valence-corrected chi connectivity index (χ2v) is 4.83. The van der Waals surface area contributed by atoms with E-state index in [1.165, 1.54) is 18.9 Å². The maximum Gasteiger partial charge on any atom is 0.130 e. The van der Waals surface area contributed by atoms with Gasteiger partial charge in [-0.3, -0.25) is 0 Å². The van der Waals surface area contributed by atoms with E-state index >= 15 is 0 Å². The van der Waals surface area contributed by atoms with Crippen LogP contribution in [0.1, 0.15) is 18.4 Å². The zero-order valence-corrected chi connectivity index (χ0v) is 10.5. The lowest BCUT2D eigenvalue weighted by atomic mass is 10.0. The molecular weight excluding hydrogens is 241 g/mol. The van der Waals surface area contributed by atoms with Crippen LogP contribution in [-0.2, 0) is 11.3 Å². The van der Waals surface area contributed by atoms with Gasteiger partial charge in [-0.15, -0.1) is 0 Å². The molecule has 1 fully saturated rings. The van der Waals surface area contributed by atoms with Gasteiger partial charge >= 0.3 is 0 Å². The van der Waals surface area contributed by atoms with Crippen LogP contribution in [0.2, 0.25) is 5.02 Å². The van der Waals surface area contributed by atoms with Crippen molar-refractivity contribution in [2.75, 3.05) is 19.7 Å². The molecule has 0 radical (unpaired) electrons. The van der Waals surface area contributed by atoms with Gasteiger partial charge in [-0.1, -0.05) is 17.7 Å². The Hall–Kier alpha value is -0.640. The van der Waals surface area contributed by atoms with Crippen molar-refractivity contribution in [3.63, 3.8) is 0 Å². The van der Waals surface area contributed by atoms with E-state index in [-0.39, 0.29) is 12.4 Å². The summed E-state index contributed by atoms with van der Waals surface area (Å²) >= 11 is 5.92. The van der Waals surface area contributed by atoms with Gasteiger partial charge in [-0.05, 0) is 37.4 Å². The van der Waals surface area contributed by atoms with E-state index in [0.29, 0.717) is 23.1 Å². The predicted octanol–water partition coefficient (Wildman–Crippen LogP) is 3.00. The SMILES string of the molecule is Fc1cccc(Cl)c1COCC1CCCNC1. The van der Waals surface area contributed by atoms with E-state index in [0.717, 1.165) is 13.1 Å². The first-order valence-corrected chi connectivity index (χ1v) is 6.36. The molecule has 94 valence electrons. The second-order valence-electron chi connectivity index (χ2n) is 4.43. The highest BCUT2D eigenvalue weighted by atomic mass is 35.5. The molecule has 1 aliphatic heterocycles. The van der Waals surface area contributed by atoms with Crippen molar-refractivity contribution >= 4 is 11.6 Å². The van der Waals surface area contributed by atoms with E-state index in [2.05, 4.69) is 5.32 Å². The lowest BCUT2D eigenvalue weighted by molar-refractivity contribution is 0.0766. The molecule has 1 aromatic carbocycles. The molecule has 0 aliphatic carbocycles. The number of piperidine rings is 1. The molecule has 0 spiro atoms. The number of hydrogen-bond donors (Lipinski definition) is 1. The van der Waals surface area contributed by atoms with Crippen LogP contribution in [0.4, 0.5) is 4.39 Å². The number of nitrogens with one attached hydrogen (secondary N) is 1. The molecule has 0 aromatic heterocycles. The van der Waals surface area contributed by atoms with Crippen molar-refractivity contribution in [1.82, 2.24) is 5.32 Å². The predicted molar refractivity (Wildman–Crippen MR) is 66.7 cm³/mol. The first kappa shape index (κ1) is 12.8. The molecule has 2 nitrogen and oxygen atoms in total. The average Bonchev–Trinajstić information content (AvgIpc) is 2.34. The Morgan fingerprint density at radius 1 is 1.47 bits per heavy atom. The summed E-state index contributed by atoms with van der Waals surface area (Å²) in [7, 11) is 0. The van der Waals surface area contributed by atoms with E-state index in [1.807, 2.05) is 0 Å². The van der Waals surface area contributed by atoms with Gasteiger partial charge in [0.25, 0.3) is 0 Å². The smallest absolute Gasteiger partial charge is 0.130 e. The topological polar surface area (TPSA) is 21.3 Å². The molecule has 4 heteroatoms. The van der Waals surface area contributed by atoms with Gasteiger partial charge in [0.05, 0.1) is 13.2 Å². The highest BCUT2D eigenvalue weighted by molar-refractivity contribution is 6.31. The summed E-state index contributed by atoms with van der Waals surface area (Å²) < 4.78 is 19.0. The van der Waals surface area contributed by atoms with Crippen LogP contribution < -0.4 is 5.32 Å². The summed E-state index contributed by atoms with van der Waals surface area (Å²) in [6.07, 6.45) is 2.37. The van der Waals surface area contributed by atoms with Gasteiger partial charge in [0, 0.05) is 17.1 Å². The number of benzene rings is 1. The molecule has 0 amide bonds. The molecule has 0 saturated carbocycles. The van der Waals surface area contributed by atoms with E-state index in [1.54, 1.807) is 12.1 Å². The number of halogens is 2. The fraction of sp³-hybridized carbons (Fsp3) is 0.538. The lowest BCUT2D eigenvalue weighted by Crippen LogP contribution is -2.32. The van der Waals surface area contributed by atoms with Gasteiger partial charge in [0.15, 0.2) is 0 Å². The minimum atomic E-state index is -0.292. The van der Waals surface area contributed by atoms with E-state index in [4.69, 9.17) is 16.3 Å². The number of rotatable bonds is 4. The second kappa shape index (κ2) is 6.34. The summed E-state index contributed by atoms with van der Waals surface area (Å²) in [6, 6.07) is 4.70. The minimum Gasteiger partial charge on any atom is -0.376 e. The Kier molecular flexibility index (Phi) is 4.77. The standard InChI is InChI=1S/C13H17ClFNO/c14-12-4-1-5-13(15)11(12)9-17-8-10-3-2-6-16-7-10/h1,4-5,10,16H,2-3,6-9H2. The van der Waals surface area contributed by atoms with Gasteiger partial charge < -0.3 is 10.1 Å². The Morgan fingerprint density at radius 2 is 2.35 bits per heavy atom. The average molecular weight is 258 g/mol. The van der Waals surface area contributed by atoms with Crippen LogP contribution in [-0.4, -0.2) is 19.7 Å². The van der Waals surface area contributed by atoms with Gasteiger partial charge in [-0.25, -0.2) is 4.39 Å². The lowest BCUT2D eigenvalue weighted by Gasteiger charge is -2.22. The van der Waals surface area contributed by atoms with Crippen LogP contribution in [0.3, 0.4) is 0 Å². The molecule has 2 rings (SSSR count). The molecular formula is C13H17ClFNO. The normalized spacial score (nSPS) is 20.5. The Morgan fingerprint density at radius 3 is 3.06 bits per heavy atom. The monoisotopic (exact) mass is 257 g/mol. The first-order valence-electron chi connectivity index (χ1n) is 5.98. The molecule has 1 aliphatic rings. The molecule has 1 atom stereocenters. The minimum absolute atomic E-state index is 0.252. The largest absolute Gasteiger partial charge is 0.376 e. The fourth-order valence-corrected chi connectivity index (χ4v) is 2.28. The summed E-state index contributed by atoms with van der Waals surface area (Å²) in [6.45, 7) is 3.00. The van der Waals surface area contributed by atoms with Crippen LogP contribution in [0, 0.1) is 11.7 Å². The number of hydrogen-bond acceptors (Lipinski definition) is 2. The van der Waals surface area contributed by atoms with Gasteiger partial charge in [0.1, 0.15) is 5.82 Å². The van der Waals surface area contributed by atoms with E-state index < -0.39 is 0 Å². The molecule has 1 N–H and O–H groups in total. The Bertz CT molecular complexity index is 346. The van der Waals surface area contributed by atoms with Crippen molar-refractivity contribution in [3.05, 3.63) is 34.6 Å². The van der Waals surface area contributed by atoms with Crippen molar-refractivity contribution in [2.45, 2.75) is 19.4 Å². The van der Waals surface area contributed by atoms with Gasteiger partial charge in [-0.2, -0.15) is 0 Å². The maximum absolute atomic E-state index is 13.4. The third-order valence-corrected chi connectivity index (χ3v) is 3.41. The highest BCUT2D eigenvalue weighted by Crippen LogP contribution is 2.20. The molecule has 0 bridgehead atoms.